The van der Waals surface area contributed by atoms with Crippen molar-refractivity contribution in [3.05, 3.63) is 58.9 Å². The monoisotopic (exact) mass is 422 g/mol. The first-order chi connectivity index (χ1) is 14.4. The molecule has 0 unspecified atom stereocenters. The molecule has 0 spiro atoms. The average molecular weight is 423 g/mol. The van der Waals surface area contributed by atoms with Crippen LogP contribution >= 0.6 is 11.5 Å². The molecule has 30 heavy (non-hydrogen) atoms. The van der Waals surface area contributed by atoms with Crippen LogP contribution in [0.3, 0.4) is 0 Å². The molecule has 1 heterocycles. The van der Waals surface area contributed by atoms with Crippen LogP contribution in [-0.2, 0) is 0 Å². The van der Waals surface area contributed by atoms with Crippen molar-refractivity contribution in [3.8, 4) is 28.1 Å². The van der Waals surface area contributed by atoms with Crippen LogP contribution in [0.1, 0.15) is 30.0 Å². The summed E-state index contributed by atoms with van der Waals surface area (Å²) in [5, 5.41) is 10.1. The van der Waals surface area contributed by atoms with E-state index in [2.05, 4.69) is 22.4 Å². The second-order valence-electron chi connectivity index (χ2n) is 7.04. The summed E-state index contributed by atoms with van der Waals surface area (Å²) in [6.45, 7) is 6.99. The van der Waals surface area contributed by atoms with E-state index in [-0.39, 0.29) is 5.82 Å². The van der Waals surface area contributed by atoms with Gasteiger partial charge in [0.1, 0.15) is 28.9 Å². The van der Waals surface area contributed by atoms with Crippen molar-refractivity contribution in [2.45, 2.75) is 27.2 Å². The van der Waals surface area contributed by atoms with Gasteiger partial charge in [-0.2, -0.15) is 9.64 Å². The maximum absolute atomic E-state index is 13.2. The highest BCUT2D eigenvalue weighted by atomic mass is 32.1. The number of aliphatic imine (C=N–C) groups is 1. The van der Waals surface area contributed by atoms with Crippen molar-refractivity contribution in [2.75, 3.05) is 13.6 Å². The van der Waals surface area contributed by atoms with Crippen LogP contribution in [0.5, 0.6) is 10.8 Å². The van der Waals surface area contributed by atoms with Crippen LogP contribution in [0, 0.1) is 31.0 Å². The van der Waals surface area contributed by atoms with Crippen molar-refractivity contribution >= 4 is 23.6 Å². The number of benzene rings is 2. The lowest BCUT2D eigenvalue weighted by Gasteiger charge is -2.13. The average Bonchev–Trinajstić information content (AvgIpc) is 3.12. The van der Waals surface area contributed by atoms with Gasteiger partial charge in [-0.1, -0.05) is 6.92 Å². The number of hydrogen-bond acceptors (Lipinski definition) is 5. The summed E-state index contributed by atoms with van der Waals surface area (Å²) in [6.07, 6.45) is 2.89. The lowest BCUT2D eigenvalue weighted by Crippen LogP contribution is -2.16. The first-order valence-electron chi connectivity index (χ1n) is 9.62. The van der Waals surface area contributed by atoms with Crippen LogP contribution in [0.2, 0.25) is 0 Å². The van der Waals surface area contributed by atoms with E-state index < -0.39 is 0 Å². The fourth-order valence-corrected chi connectivity index (χ4v) is 3.67. The summed E-state index contributed by atoms with van der Waals surface area (Å²) in [7, 11) is 2.00. The van der Waals surface area contributed by atoms with E-state index in [9.17, 15) is 9.65 Å². The van der Waals surface area contributed by atoms with E-state index in [0.29, 0.717) is 27.6 Å². The van der Waals surface area contributed by atoms with Gasteiger partial charge in [0.05, 0.1) is 12.0 Å². The van der Waals surface area contributed by atoms with Crippen molar-refractivity contribution in [2.24, 2.45) is 4.99 Å². The Morgan fingerprint density at radius 2 is 1.97 bits per heavy atom. The Morgan fingerprint density at radius 1 is 1.23 bits per heavy atom. The van der Waals surface area contributed by atoms with Crippen molar-refractivity contribution < 1.29 is 9.13 Å². The molecule has 0 amide bonds. The molecule has 0 radical (unpaired) electrons. The number of nitriles is 1. The Kier molecular flexibility index (Phi) is 6.80. The van der Waals surface area contributed by atoms with Gasteiger partial charge in [-0.25, -0.2) is 9.38 Å². The SMILES string of the molecule is CCCN(C)C=Nc1cc(C)c(Oc2snc(-c3ccc(F)cc3)c2C#N)cc1C. The molecular formula is C23H23FN4OS. The topological polar surface area (TPSA) is 61.5 Å². The molecule has 0 saturated carbocycles. The Bertz CT molecular complexity index is 1100. The summed E-state index contributed by atoms with van der Waals surface area (Å²) in [5.74, 6) is 0.317. The molecule has 0 aliphatic heterocycles. The molecule has 3 rings (SSSR count). The zero-order valence-electron chi connectivity index (χ0n) is 17.4. The van der Waals surface area contributed by atoms with Crippen molar-refractivity contribution in [1.29, 1.82) is 5.26 Å². The summed E-state index contributed by atoms with van der Waals surface area (Å²) < 4.78 is 23.6. The van der Waals surface area contributed by atoms with Crippen LogP contribution in [0.15, 0.2) is 41.4 Å². The van der Waals surface area contributed by atoms with Crippen molar-refractivity contribution in [3.63, 3.8) is 0 Å². The van der Waals surface area contributed by atoms with Gasteiger partial charge < -0.3 is 9.64 Å². The Hall–Kier alpha value is -3.24. The third-order valence-electron chi connectivity index (χ3n) is 4.56. The minimum atomic E-state index is -0.335. The highest BCUT2D eigenvalue weighted by Gasteiger charge is 2.18. The molecule has 0 fully saturated rings. The smallest absolute Gasteiger partial charge is 0.218 e. The summed E-state index contributed by atoms with van der Waals surface area (Å²) in [5.41, 5.74) is 4.26. The summed E-state index contributed by atoms with van der Waals surface area (Å²) in [6, 6.07) is 12.0. The number of nitrogens with zero attached hydrogens (tertiary/aromatic N) is 4. The largest absolute Gasteiger partial charge is 0.443 e. The van der Waals surface area contributed by atoms with E-state index in [1.54, 1.807) is 12.1 Å². The predicted molar refractivity (Wildman–Crippen MR) is 119 cm³/mol. The number of hydrogen-bond donors (Lipinski definition) is 0. The van der Waals surface area contributed by atoms with E-state index in [1.165, 1.54) is 12.1 Å². The molecule has 7 heteroatoms. The fourth-order valence-electron chi connectivity index (χ4n) is 2.94. The molecule has 0 aliphatic rings. The summed E-state index contributed by atoms with van der Waals surface area (Å²) >= 11 is 1.11. The van der Waals surface area contributed by atoms with Crippen LogP contribution in [-0.4, -0.2) is 29.2 Å². The Morgan fingerprint density at radius 3 is 2.63 bits per heavy atom. The summed E-state index contributed by atoms with van der Waals surface area (Å²) in [4.78, 5) is 6.62. The molecule has 5 nitrogen and oxygen atoms in total. The molecule has 0 N–H and O–H groups in total. The fraction of sp³-hybridized carbons (Fsp3) is 0.261. The minimum Gasteiger partial charge on any atom is -0.443 e. The third kappa shape index (κ3) is 4.84. The van der Waals surface area contributed by atoms with Gasteiger partial charge in [0.15, 0.2) is 0 Å². The van der Waals surface area contributed by atoms with Gasteiger partial charge >= 0.3 is 0 Å². The van der Waals surface area contributed by atoms with Gasteiger partial charge in [-0.05, 0) is 67.8 Å². The van der Waals surface area contributed by atoms with E-state index in [1.807, 2.05) is 44.3 Å². The number of ether oxygens (including phenoxy) is 1. The van der Waals surface area contributed by atoms with E-state index in [0.717, 1.165) is 41.3 Å². The second-order valence-corrected chi connectivity index (χ2v) is 7.78. The standard InChI is InChI=1S/C23H23FN4OS/c1-5-10-28(4)14-26-20-11-16(3)21(12-15(20)2)29-23-19(13-25)22(27-30-23)17-6-8-18(24)9-7-17/h6-9,11-12,14H,5,10H2,1-4H3. The zero-order chi connectivity index (χ0) is 21.7. The quantitative estimate of drug-likeness (QED) is 0.334. The van der Waals surface area contributed by atoms with Crippen LogP contribution in [0.4, 0.5) is 10.1 Å². The van der Waals surface area contributed by atoms with Gasteiger partial charge in [-0.15, -0.1) is 0 Å². The van der Waals surface area contributed by atoms with Gasteiger partial charge in [0, 0.05) is 30.7 Å². The molecule has 0 atom stereocenters. The van der Waals surface area contributed by atoms with Gasteiger partial charge in [0.2, 0.25) is 5.06 Å². The number of aryl methyl sites for hydroxylation is 2. The first kappa shape index (κ1) is 21.5. The lowest BCUT2D eigenvalue weighted by atomic mass is 10.1. The second kappa shape index (κ2) is 9.51. The van der Waals surface area contributed by atoms with Crippen molar-refractivity contribution in [1.82, 2.24) is 9.27 Å². The molecule has 0 aliphatic carbocycles. The van der Waals surface area contributed by atoms with Gasteiger partial charge in [-0.3, -0.25) is 0 Å². The Labute approximate surface area is 180 Å². The number of aromatic nitrogens is 1. The molecule has 0 saturated heterocycles. The highest BCUT2D eigenvalue weighted by molar-refractivity contribution is 7.08. The maximum Gasteiger partial charge on any atom is 0.218 e. The van der Waals surface area contributed by atoms with Gasteiger partial charge in [0.25, 0.3) is 0 Å². The lowest BCUT2D eigenvalue weighted by molar-refractivity contribution is 0.491. The maximum atomic E-state index is 13.2. The zero-order valence-corrected chi connectivity index (χ0v) is 18.3. The predicted octanol–water partition coefficient (Wildman–Crippen LogP) is 6.23. The molecule has 154 valence electrons. The van der Waals surface area contributed by atoms with Crippen LogP contribution in [0.25, 0.3) is 11.3 Å². The Balaban J connectivity index is 1.87. The third-order valence-corrected chi connectivity index (χ3v) is 5.28. The molecule has 1 aromatic heterocycles. The molecule has 2 aromatic carbocycles. The molecule has 0 bridgehead atoms. The van der Waals surface area contributed by atoms with E-state index >= 15 is 0 Å². The molecule has 3 aromatic rings. The number of halogens is 1. The minimum absolute atomic E-state index is 0.335. The molecular weight excluding hydrogens is 399 g/mol. The normalized spacial score (nSPS) is 10.9. The first-order valence-corrected chi connectivity index (χ1v) is 10.4. The number of rotatable bonds is 7. The highest BCUT2D eigenvalue weighted by Crippen LogP contribution is 2.38. The van der Waals surface area contributed by atoms with Crippen LogP contribution < -0.4 is 4.74 Å². The van der Waals surface area contributed by atoms with E-state index in [4.69, 9.17) is 4.74 Å².